The number of hydrogen-bond donors (Lipinski definition) is 1. The molecule has 1 nitrogen and oxygen atoms in total. The SMILES string of the molecule is CCCCCCN[C@@H]1c2ccccc2C[C@@H]1F. The Hall–Kier alpha value is -0.890. The summed E-state index contributed by atoms with van der Waals surface area (Å²) in [4.78, 5) is 0. The summed E-state index contributed by atoms with van der Waals surface area (Å²) in [6.45, 7) is 3.14. The van der Waals surface area contributed by atoms with Crippen molar-refractivity contribution in [1.29, 1.82) is 0 Å². The standard InChI is InChI=1S/C15H22FN/c1-2-3-4-7-10-17-15-13-9-6-5-8-12(13)11-14(15)16/h5-6,8-9,14-15,17H,2-4,7,10-11H2,1H3/t14-,15+/m0/s1. The van der Waals surface area contributed by atoms with E-state index in [1.54, 1.807) is 0 Å². The van der Waals surface area contributed by atoms with Crippen LogP contribution in [0.5, 0.6) is 0 Å². The van der Waals surface area contributed by atoms with Crippen LogP contribution in [0.4, 0.5) is 4.39 Å². The molecular formula is C15H22FN. The molecule has 0 saturated heterocycles. The number of nitrogens with one attached hydrogen (secondary N) is 1. The molecular weight excluding hydrogens is 213 g/mol. The van der Waals surface area contributed by atoms with E-state index in [2.05, 4.69) is 18.3 Å². The summed E-state index contributed by atoms with van der Waals surface area (Å²) in [6, 6.07) is 8.02. The molecule has 0 fully saturated rings. The molecule has 1 aliphatic rings. The maximum Gasteiger partial charge on any atom is 0.124 e. The molecule has 94 valence electrons. The molecule has 2 atom stereocenters. The molecule has 0 saturated carbocycles. The van der Waals surface area contributed by atoms with Gasteiger partial charge in [-0.05, 0) is 24.1 Å². The number of rotatable bonds is 6. The third-order valence-electron chi connectivity index (χ3n) is 3.56. The van der Waals surface area contributed by atoms with Crippen molar-refractivity contribution >= 4 is 0 Å². The van der Waals surface area contributed by atoms with Crippen LogP contribution in [0.3, 0.4) is 0 Å². The first-order valence-corrected chi connectivity index (χ1v) is 6.78. The molecule has 0 heterocycles. The molecule has 0 bridgehead atoms. The molecule has 0 unspecified atom stereocenters. The molecule has 1 aromatic carbocycles. The lowest BCUT2D eigenvalue weighted by molar-refractivity contribution is 0.269. The predicted octanol–water partition coefficient (Wildman–Crippen LogP) is 3.79. The summed E-state index contributed by atoms with van der Waals surface area (Å²) in [5, 5.41) is 3.37. The molecule has 1 aromatic rings. The maximum atomic E-state index is 13.9. The lowest BCUT2D eigenvalue weighted by atomic mass is 10.1. The van der Waals surface area contributed by atoms with Gasteiger partial charge in [-0.15, -0.1) is 0 Å². The van der Waals surface area contributed by atoms with E-state index in [9.17, 15) is 4.39 Å². The van der Waals surface area contributed by atoms with Crippen molar-refractivity contribution in [1.82, 2.24) is 5.32 Å². The van der Waals surface area contributed by atoms with Gasteiger partial charge in [-0.1, -0.05) is 50.5 Å². The van der Waals surface area contributed by atoms with E-state index in [0.717, 1.165) is 18.5 Å². The molecule has 1 N–H and O–H groups in total. The number of benzene rings is 1. The monoisotopic (exact) mass is 235 g/mol. The minimum Gasteiger partial charge on any atom is -0.308 e. The lowest BCUT2D eigenvalue weighted by Crippen LogP contribution is -2.27. The smallest absolute Gasteiger partial charge is 0.124 e. The van der Waals surface area contributed by atoms with Crippen LogP contribution in [0.15, 0.2) is 24.3 Å². The van der Waals surface area contributed by atoms with Crippen molar-refractivity contribution in [3.63, 3.8) is 0 Å². The van der Waals surface area contributed by atoms with Gasteiger partial charge in [0, 0.05) is 6.42 Å². The van der Waals surface area contributed by atoms with E-state index in [1.807, 2.05) is 18.2 Å². The minimum absolute atomic E-state index is 0.0761. The van der Waals surface area contributed by atoms with Gasteiger partial charge < -0.3 is 5.32 Å². The number of fused-ring (bicyclic) bond motifs is 1. The van der Waals surface area contributed by atoms with Crippen LogP contribution >= 0.6 is 0 Å². The zero-order valence-electron chi connectivity index (χ0n) is 10.6. The van der Waals surface area contributed by atoms with Crippen molar-refractivity contribution in [3.8, 4) is 0 Å². The van der Waals surface area contributed by atoms with Crippen molar-refractivity contribution in [2.24, 2.45) is 0 Å². The molecule has 0 spiro atoms. The molecule has 0 aromatic heterocycles. The number of hydrogen-bond acceptors (Lipinski definition) is 1. The molecule has 2 rings (SSSR count). The summed E-state index contributed by atoms with van der Waals surface area (Å²) < 4.78 is 13.9. The third kappa shape index (κ3) is 3.06. The van der Waals surface area contributed by atoms with Crippen LogP contribution < -0.4 is 5.32 Å². The average Bonchev–Trinajstić information content (AvgIpc) is 2.65. The van der Waals surface area contributed by atoms with E-state index in [1.165, 1.54) is 24.8 Å². The highest BCUT2D eigenvalue weighted by atomic mass is 19.1. The number of unbranched alkanes of at least 4 members (excludes halogenated alkanes) is 3. The first-order chi connectivity index (χ1) is 8.33. The van der Waals surface area contributed by atoms with E-state index in [4.69, 9.17) is 0 Å². The molecule has 1 aliphatic carbocycles. The Morgan fingerprint density at radius 3 is 2.88 bits per heavy atom. The fraction of sp³-hybridized carbons (Fsp3) is 0.600. The van der Waals surface area contributed by atoms with E-state index in [-0.39, 0.29) is 6.04 Å². The maximum absolute atomic E-state index is 13.9. The Morgan fingerprint density at radius 1 is 1.24 bits per heavy atom. The van der Waals surface area contributed by atoms with Gasteiger partial charge in [0.2, 0.25) is 0 Å². The Bertz CT molecular complexity index is 351. The highest BCUT2D eigenvalue weighted by Crippen LogP contribution is 2.33. The predicted molar refractivity (Wildman–Crippen MR) is 69.9 cm³/mol. The second-order valence-electron chi connectivity index (χ2n) is 4.91. The van der Waals surface area contributed by atoms with Crippen LogP contribution in [-0.2, 0) is 6.42 Å². The van der Waals surface area contributed by atoms with Crippen molar-refractivity contribution < 1.29 is 4.39 Å². The number of halogens is 1. The third-order valence-corrected chi connectivity index (χ3v) is 3.56. The Labute approximate surface area is 103 Å². The zero-order chi connectivity index (χ0) is 12.1. The van der Waals surface area contributed by atoms with Gasteiger partial charge in [-0.2, -0.15) is 0 Å². The van der Waals surface area contributed by atoms with Gasteiger partial charge in [0.1, 0.15) is 6.17 Å². The second kappa shape index (κ2) is 6.15. The van der Waals surface area contributed by atoms with Crippen LogP contribution in [0.2, 0.25) is 0 Å². The fourth-order valence-electron chi connectivity index (χ4n) is 2.59. The summed E-state index contributed by atoms with van der Waals surface area (Å²) in [7, 11) is 0. The lowest BCUT2D eigenvalue weighted by Gasteiger charge is -2.16. The van der Waals surface area contributed by atoms with Crippen LogP contribution in [0.25, 0.3) is 0 Å². The Morgan fingerprint density at radius 2 is 2.06 bits per heavy atom. The van der Waals surface area contributed by atoms with Crippen LogP contribution in [0.1, 0.15) is 49.8 Å². The highest BCUT2D eigenvalue weighted by Gasteiger charge is 2.31. The molecule has 0 aliphatic heterocycles. The second-order valence-corrected chi connectivity index (χ2v) is 4.91. The van der Waals surface area contributed by atoms with Gasteiger partial charge >= 0.3 is 0 Å². The Kier molecular flexibility index (Phi) is 4.55. The van der Waals surface area contributed by atoms with Gasteiger partial charge in [0.05, 0.1) is 6.04 Å². The first-order valence-electron chi connectivity index (χ1n) is 6.78. The molecule has 2 heteroatoms. The van der Waals surface area contributed by atoms with Gasteiger partial charge in [0.15, 0.2) is 0 Å². The quantitative estimate of drug-likeness (QED) is 0.740. The first kappa shape index (κ1) is 12.6. The van der Waals surface area contributed by atoms with Gasteiger partial charge in [-0.3, -0.25) is 0 Å². The normalized spacial score (nSPS) is 22.7. The van der Waals surface area contributed by atoms with Crippen molar-refractivity contribution in [3.05, 3.63) is 35.4 Å². The zero-order valence-corrected chi connectivity index (χ0v) is 10.6. The van der Waals surface area contributed by atoms with Crippen LogP contribution in [0, 0.1) is 0 Å². The average molecular weight is 235 g/mol. The topological polar surface area (TPSA) is 12.0 Å². The highest BCUT2D eigenvalue weighted by molar-refractivity contribution is 5.36. The van der Waals surface area contributed by atoms with E-state index >= 15 is 0 Å². The van der Waals surface area contributed by atoms with Gasteiger partial charge in [0.25, 0.3) is 0 Å². The molecule has 0 amide bonds. The van der Waals surface area contributed by atoms with E-state index in [0.29, 0.717) is 6.42 Å². The van der Waals surface area contributed by atoms with Crippen molar-refractivity contribution in [2.75, 3.05) is 6.54 Å². The molecule has 0 radical (unpaired) electrons. The molecule has 17 heavy (non-hydrogen) atoms. The Balaban J connectivity index is 1.84. The van der Waals surface area contributed by atoms with E-state index < -0.39 is 6.17 Å². The summed E-state index contributed by atoms with van der Waals surface area (Å²) in [5.41, 5.74) is 2.33. The number of alkyl halides is 1. The fourth-order valence-corrected chi connectivity index (χ4v) is 2.59. The minimum atomic E-state index is -0.751. The van der Waals surface area contributed by atoms with Crippen LogP contribution in [-0.4, -0.2) is 12.7 Å². The summed E-state index contributed by atoms with van der Waals surface area (Å²) in [5.74, 6) is 0. The summed E-state index contributed by atoms with van der Waals surface area (Å²) >= 11 is 0. The van der Waals surface area contributed by atoms with Crippen molar-refractivity contribution in [2.45, 2.75) is 51.2 Å². The van der Waals surface area contributed by atoms with Gasteiger partial charge in [-0.25, -0.2) is 4.39 Å². The largest absolute Gasteiger partial charge is 0.308 e. The summed E-state index contributed by atoms with van der Waals surface area (Å²) in [6.07, 6.45) is 4.75.